The number of nitrogens with zero attached hydrogens (tertiary/aromatic N) is 1. The van der Waals surface area contributed by atoms with Crippen LogP contribution in [0.25, 0.3) is 6.08 Å². The molecular weight excluding hydrogens is 294 g/mol. The van der Waals surface area contributed by atoms with Crippen LogP contribution in [0.3, 0.4) is 0 Å². The van der Waals surface area contributed by atoms with Gasteiger partial charge in [-0.2, -0.15) is 0 Å². The highest BCUT2D eigenvalue weighted by Crippen LogP contribution is 2.31. The average molecular weight is 319 g/mol. The lowest BCUT2D eigenvalue weighted by atomic mass is 9.92. The van der Waals surface area contributed by atoms with Crippen LogP contribution < -0.4 is 4.90 Å². The summed E-state index contributed by atoms with van der Waals surface area (Å²) in [5.41, 5.74) is 4.15. The van der Waals surface area contributed by atoms with Gasteiger partial charge in [0.1, 0.15) is 0 Å². The molecule has 1 atom stereocenters. The summed E-state index contributed by atoms with van der Waals surface area (Å²) in [6, 6.07) is 15.9. The van der Waals surface area contributed by atoms with Crippen molar-refractivity contribution in [2.45, 2.75) is 33.1 Å². The van der Waals surface area contributed by atoms with Crippen molar-refractivity contribution in [1.29, 1.82) is 0 Å². The number of amides is 1. The molecule has 124 valence electrons. The van der Waals surface area contributed by atoms with E-state index in [1.807, 2.05) is 49.4 Å². The Morgan fingerprint density at radius 2 is 1.88 bits per heavy atom. The Morgan fingerprint density at radius 3 is 2.46 bits per heavy atom. The lowest BCUT2D eigenvalue weighted by Crippen LogP contribution is -2.23. The fourth-order valence-electron chi connectivity index (χ4n) is 2.77. The van der Waals surface area contributed by atoms with Gasteiger partial charge >= 0.3 is 0 Å². The molecule has 24 heavy (non-hydrogen) atoms. The van der Waals surface area contributed by atoms with E-state index in [1.54, 1.807) is 4.90 Å². The van der Waals surface area contributed by atoms with Crippen molar-refractivity contribution >= 4 is 23.4 Å². The Labute approximate surface area is 145 Å². The summed E-state index contributed by atoms with van der Waals surface area (Å²) < 4.78 is 0. The molecule has 0 radical (unpaired) electrons. The Kier molecular flexibility index (Phi) is 6.14. The molecule has 0 N–H and O–H groups in total. The summed E-state index contributed by atoms with van der Waals surface area (Å²) in [6.07, 6.45) is 6.57. The van der Waals surface area contributed by atoms with Gasteiger partial charge in [0.25, 0.3) is 5.91 Å². The standard InChI is InChI=1S/C22H25NO/c1-5-11-18-16-20(14-15-21(18)17(4)6-2)23(22(24)7-3)19-12-9-8-10-13-19/h5,7-17H,3,6H2,1-2,4H3/b11-5-. The smallest absolute Gasteiger partial charge is 0.254 e. The molecule has 2 rings (SSSR count). The summed E-state index contributed by atoms with van der Waals surface area (Å²) in [6.45, 7) is 10.1. The van der Waals surface area contributed by atoms with E-state index >= 15 is 0 Å². The number of rotatable bonds is 6. The lowest BCUT2D eigenvalue weighted by Gasteiger charge is -2.23. The van der Waals surface area contributed by atoms with E-state index in [0.717, 1.165) is 23.4 Å². The summed E-state index contributed by atoms with van der Waals surface area (Å²) in [5.74, 6) is 0.342. The van der Waals surface area contributed by atoms with E-state index < -0.39 is 0 Å². The van der Waals surface area contributed by atoms with Crippen LogP contribution in [-0.4, -0.2) is 5.91 Å². The summed E-state index contributed by atoms with van der Waals surface area (Å²) in [7, 11) is 0. The Bertz CT molecular complexity index is 731. The maximum absolute atomic E-state index is 12.4. The van der Waals surface area contributed by atoms with Gasteiger partial charge < -0.3 is 0 Å². The van der Waals surface area contributed by atoms with Crippen molar-refractivity contribution in [2.24, 2.45) is 0 Å². The minimum absolute atomic E-state index is 0.135. The second-order valence-electron chi connectivity index (χ2n) is 5.84. The second-order valence-corrected chi connectivity index (χ2v) is 5.84. The zero-order valence-corrected chi connectivity index (χ0v) is 14.7. The van der Waals surface area contributed by atoms with Gasteiger partial charge in [0.2, 0.25) is 0 Å². The molecule has 1 amide bonds. The molecule has 0 aliphatic heterocycles. The number of allylic oxidation sites excluding steroid dienone is 1. The van der Waals surface area contributed by atoms with Crippen molar-refractivity contribution in [1.82, 2.24) is 0 Å². The monoisotopic (exact) mass is 319 g/mol. The Hall–Kier alpha value is -2.61. The number of anilines is 2. The highest BCUT2D eigenvalue weighted by molar-refractivity contribution is 6.06. The van der Waals surface area contributed by atoms with Crippen molar-refractivity contribution < 1.29 is 4.79 Å². The van der Waals surface area contributed by atoms with Crippen LogP contribution in [-0.2, 0) is 4.79 Å². The van der Waals surface area contributed by atoms with Gasteiger partial charge in [-0.25, -0.2) is 0 Å². The summed E-state index contributed by atoms with van der Waals surface area (Å²) >= 11 is 0. The summed E-state index contributed by atoms with van der Waals surface area (Å²) in [4.78, 5) is 14.1. The molecule has 1 unspecified atom stereocenters. The fraction of sp³-hybridized carbons (Fsp3) is 0.227. The third-order valence-electron chi connectivity index (χ3n) is 4.23. The highest BCUT2D eigenvalue weighted by Gasteiger charge is 2.17. The number of carbonyl (C=O) groups excluding carboxylic acids is 1. The predicted octanol–water partition coefficient (Wildman–Crippen LogP) is 6.08. The normalized spacial score (nSPS) is 12.1. The van der Waals surface area contributed by atoms with E-state index in [2.05, 4.69) is 38.6 Å². The highest BCUT2D eigenvalue weighted by atomic mass is 16.2. The zero-order valence-electron chi connectivity index (χ0n) is 14.7. The third kappa shape index (κ3) is 3.83. The van der Waals surface area contributed by atoms with Gasteiger partial charge in [-0.15, -0.1) is 0 Å². The minimum Gasteiger partial charge on any atom is -0.278 e. The average Bonchev–Trinajstić information content (AvgIpc) is 2.62. The minimum atomic E-state index is -0.135. The molecule has 2 heteroatoms. The Balaban J connectivity index is 2.57. The molecule has 0 bridgehead atoms. The molecule has 2 aromatic carbocycles. The number of carbonyl (C=O) groups is 1. The van der Waals surface area contributed by atoms with E-state index in [-0.39, 0.29) is 5.91 Å². The third-order valence-corrected chi connectivity index (χ3v) is 4.23. The van der Waals surface area contributed by atoms with Crippen LogP contribution in [0.4, 0.5) is 11.4 Å². The maximum Gasteiger partial charge on any atom is 0.254 e. The number of hydrogen-bond donors (Lipinski definition) is 0. The second kappa shape index (κ2) is 8.30. The molecule has 0 saturated heterocycles. The predicted molar refractivity (Wildman–Crippen MR) is 104 cm³/mol. The van der Waals surface area contributed by atoms with E-state index in [1.165, 1.54) is 11.6 Å². The van der Waals surface area contributed by atoms with Gasteiger partial charge in [-0.3, -0.25) is 9.69 Å². The lowest BCUT2D eigenvalue weighted by molar-refractivity contribution is -0.113. The quantitative estimate of drug-likeness (QED) is 0.590. The Morgan fingerprint density at radius 1 is 1.17 bits per heavy atom. The van der Waals surface area contributed by atoms with Gasteiger partial charge in [0, 0.05) is 11.4 Å². The first-order chi connectivity index (χ1) is 11.6. The van der Waals surface area contributed by atoms with Crippen LogP contribution >= 0.6 is 0 Å². The molecule has 0 heterocycles. The van der Waals surface area contributed by atoms with Gasteiger partial charge in [0.15, 0.2) is 0 Å². The molecule has 0 aliphatic rings. The van der Waals surface area contributed by atoms with E-state index in [9.17, 15) is 4.79 Å². The van der Waals surface area contributed by atoms with Crippen LogP contribution in [0.15, 0.2) is 67.3 Å². The summed E-state index contributed by atoms with van der Waals surface area (Å²) in [5, 5.41) is 0. The van der Waals surface area contributed by atoms with Gasteiger partial charge in [0.05, 0.1) is 0 Å². The van der Waals surface area contributed by atoms with Crippen LogP contribution in [0, 0.1) is 0 Å². The zero-order chi connectivity index (χ0) is 17.5. The number of para-hydroxylation sites is 1. The SMILES string of the molecule is C=CC(=O)N(c1ccccc1)c1ccc(C(C)CC)c(/C=C\C)c1. The first-order valence-corrected chi connectivity index (χ1v) is 8.40. The van der Waals surface area contributed by atoms with Gasteiger partial charge in [-0.05, 0) is 60.7 Å². The fourth-order valence-corrected chi connectivity index (χ4v) is 2.77. The van der Waals surface area contributed by atoms with E-state index in [4.69, 9.17) is 0 Å². The van der Waals surface area contributed by atoms with Crippen molar-refractivity contribution in [2.75, 3.05) is 4.90 Å². The van der Waals surface area contributed by atoms with Crippen molar-refractivity contribution in [3.8, 4) is 0 Å². The molecule has 0 aliphatic carbocycles. The number of hydrogen-bond acceptors (Lipinski definition) is 1. The van der Waals surface area contributed by atoms with Crippen molar-refractivity contribution in [3.05, 3.63) is 78.4 Å². The molecular formula is C22H25NO. The first-order valence-electron chi connectivity index (χ1n) is 8.40. The molecule has 0 saturated carbocycles. The van der Waals surface area contributed by atoms with E-state index in [0.29, 0.717) is 5.92 Å². The molecule has 0 fully saturated rings. The van der Waals surface area contributed by atoms with Gasteiger partial charge in [-0.1, -0.05) is 56.8 Å². The maximum atomic E-state index is 12.4. The van der Waals surface area contributed by atoms with Crippen LogP contribution in [0.5, 0.6) is 0 Å². The molecule has 0 aromatic heterocycles. The first kappa shape index (κ1) is 17.7. The van der Waals surface area contributed by atoms with Crippen molar-refractivity contribution in [3.63, 3.8) is 0 Å². The van der Waals surface area contributed by atoms with Crippen LogP contribution in [0.1, 0.15) is 44.2 Å². The largest absolute Gasteiger partial charge is 0.278 e. The number of benzene rings is 2. The molecule has 2 aromatic rings. The molecule has 0 spiro atoms. The molecule has 2 nitrogen and oxygen atoms in total. The topological polar surface area (TPSA) is 20.3 Å². The van der Waals surface area contributed by atoms with Crippen LogP contribution in [0.2, 0.25) is 0 Å².